The maximum Gasteiger partial charge on any atom is 0.237 e. The molecule has 4 heterocycles. The summed E-state index contributed by atoms with van der Waals surface area (Å²) in [4.78, 5) is 15.3. The smallest absolute Gasteiger partial charge is 0.237 e. The van der Waals surface area contributed by atoms with Gasteiger partial charge in [-0.2, -0.15) is 0 Å². The first-order chi connectivity index (χ1) is 18.5. The van der Waals surface area contributed by atoms with Crippen molar-refractivity contribution in [2.24, 2.45) is 17.8 Å². The van der Waals surface area contributed by atoms with Crippen LogP contribution in [0.15, 0.2) is 0 Å². The van der Waals surface area contributed by atoms with Crippen molar-refractivity contribution in [2.75, 3.05) is 65.8 Å². The van der Waals surface area contributed by atoms with Crippen LogP contribution in [0.3, 0.4) is 0 Å². The highest BCUT2D eigenvalue weighted by Gasteiger charge is 2.41. The van der Waals surface area contributed by atoms with Crippen LogP contribution in [0, 0.1) is 17.8 Å². The van der Waals surface area contributed by atoms with Crippen LogP contribution in [0.1, 0.15) is 51.9 Å². The highest BCUT2D eigenvalue weighted by Crippen LogP contribution is 2.41. The Labute approximate surface area is 228 Å². The lowest BCUT2D eigenvalue weighted by molar-refractivity contribution is -0.124. The molecule has 5 rings (SSSR count). The Morgan fingerprint density at radius 3 is 2.84 bits per heavy atom. The minimum Gasteiger partial charge on any atom is -0.390 e. The number of amides is 1. The summed E-state index contributed by atoms with van der Waals surface area (Å²) in [6, 6.07) is 0.660. The molecule has 1 aliphatic carbocycles. The van der Waals surface area contributed by atoms with E-state index in [1.54, 1.807) is 0 Å². The van der Waals surface area contributed by atoms with Gasteiger partial charge in [-0.25, -0.2) is 0 Å². The molecule has 0 aromatic heterocycles. The van der Waals surface area contributed by atoms with Gasteiger partial charge in [0.25, 0.3) is 0 Å². The van der Waals surface area contributed by atoms with E-state index in [9.17, 15) is 9.90 Å². The highest BCUT2D eigenvalue weighted by molar-refractivity contribution is 5.81. The number of aliphatic hydroxyl groups is 1. The first kappa shape index (κ1) is 28.7. The number of fused-ring (bicyclic) bond motifs is 1. The molecule has 1 amide bonds. The van der Waals surface area contributed by atoms with Gasteiger partial charge in [-0.1, -0.05) is 6.92 Å². The summed E-state index contributed by atoms with van der Waals surface area (Å²) in [5, 5.41) is 24.1. The van der Waals surface area contributed by atoms with Crippen LogP contribution in [0.2, 0.25) is 0 Å². The van der Waals surface area contributed by atoms with Gasteiger partial charge in [0, 0.05) is 51.5 Å². The summed E-state index contributed by atoms with van der Waals surface area (Å²) in [6.45, 7) is 10.0. The lowest BCUT2D eigenvalue weighted by atomic mass is 9.68. The van der Waals surface area contributed by atoms with Crippen LogP contribution in [0.4, 0.5) is 0 Å². The minimum atomic E-state index is -0.549. The molecule has 0 aromatic rings. The average molecular weight is 538 g/mol. The normalized spacial score (nSPS) is 38.0. The number of β-amino-alcohol motifs (C(OH)–C–C–N with tert-alkyl or cyclic N) is 1. The van der Waals surface area contributed by atoms with E-state index in [-0.39, 0.29) is 18.1 Å². The van der Waals surface area contributed by atoms with Gasteiger partial charge in [0.05, 0.1) is 37.7 Å². The highest BCUT2D eigenvalue weighted by atomic mass is 16.5. The third kappa shape index (κ3) is 7.87. The second kappa shape index (κ2) is 14.2. The Bertz CT molecular complexity index is 734. The van der Waals surface area contributed by atoms with Gasteiger partial charge in [-0.05, 0) is 75.8 Å². The van der Waals surface area contributed by atoms with Crippen molar-refractivity contribution in [3.05, 3.63) is 0 Å². The molecule has 7 unspecified atom stereocenters. The van der Waals surface area contributed by atoms with E-state index >= 15 is 0 Å². The quantitative estimate of drug-likeness (QED) is 0.264. The van der Waals surface area contributed by atoms with E-state index in [1.807, 2.05) is 0 Å². The van der Waals surface area contributed by atoms with Gasteiger partial charge in [0.1, 0.15) is 0 Å². The molecule has 5 fully saturated rings. The molecule has 1 saturated carbocycles. The van der Waals surface area contributed by atoms with Crippen LogP contribution < -0.4 is 21.3 Å². The van der Waals surface area contributed by atoms with Crippen LogP contribution in [0.25, 0.3) is 0 Å². The Kier molecular flexibility index (Phi) is 10.7. The van der Waals surface area contributed by atoms with Crippen LogP contribution in [-0.2, 0) is 19.0 Å². The summed E-state index contributed by atoms with van der Waals surface area (Å²) < 4.78 is 17.4. The predicted molar refractivity (Wildman–Crippen MR) is 145 cm³/mol. The van der Waals surface area contributed by atoms with E-state index < -0.39 is 6.10 Å². The minimum absolute atomic E-state index is 0.00664. The topological polar surface area (TPSA) is 116 Å². The maximum atomic E-state index is 12.9. The van der Waals surface area contributed by atoms with Crippen LogP contribution in [0.5, 0.6) is 0 Å². The van der Waals surface area contributed by atoms with Crippen molar-refractivity contribution < 1.29 is 24.1 Å². The molecule has 8 atom stereocenters. The number of hydrogen-bond donors (Lipinski definition) is 5. The van der Waals surface area contributed by atoms with E-state index in [0.717, 1.165) is 77.9 Å². The molecular weight excluding hydrogens is 486 g/mol. The summed E-state index contributed by atoms with van der Waals surface area (Å²) in [5.74, 6) is 1.91. The summed E-state index contributed by atoms with van der Waals surface area (Å²) in [7, 11) is 0. The second-order valence-corrected chi connectivity index (χ2v) is 12.3. The molecule has 4 saturated heterocycles. The zero-order valence-corrected chi connectivity index (χ0v) is 23.2. The number of carbonyl (C=O) groups excluding carboxylic acids is 1. The van der Waals surface area contributed by atoms with Gasteiger partial charge < -0.3 is 40.2 Å². The van der Waals surface area contributed by atoms with Crippen LogP contribution in [-0.4, -0.2) is 118 Å². The molecule has 4 aliphatic heterocycles. The second-order valence-electron chi connectivity index (χ2n) is 12.3. The Hall–Kier alpha value is -0.850. The van der Waals surface area contributed by atoms with E-state index in [0.29, 0.717) is 62.4 Å². The predicted octanol–water partition coefficient (Wildman–Crippen LogP) is 0.0518. The molecule has 5 aliphatic rings. The number of hydrogen-bond acceptors (Lipinski definition) is 9. The largest absolute Gasteiger partial charge is 0.390 e. The first-order valence-electron chi connectivity index (χ1n) is 15.2. The average Bonchev–Trinajstić information content (AvgIpc) is 3.46. The van der Waals surface area contributed by atoms with E-state index in [4.69, 9.17) is 14.2 Å². The van der Waals surface area contributed by atoms with E-state index in [1.165, 1.54) is 6.42 Å². The number of carbonyl (C=O) groups is 1. The number of rotatable bonds is 10. The van der Waals surface area contributed by atoms with Gasteiger partial charge >= 0.3 is 0 Å². The van der Waals surface area contributed by atoms with Gasteiger partial charge in [-0.3, -0.25) is 10.1 Å². The fraction of sp³-hybridized carbons (Fsp3) is 0.964. The van der Waals surface area contributed by atoms with Gasteiger partial charge in [-0.15, -0.1) is 0 Å². The molecule has 0 radical (unpaired) electrons. The fourth-order valence-electron chi connectivity index (χ4n) is 7.41. The Morgan fingerprint density at radius 1 is 1.16 bits per heavy atom. The van der Waals surface area contributed by atoms with Crippen molar-refractivity contribution in [1.29, 1.82) is 0 Å². The Morgan fingerprint density at radius 2 is 2.03 bits per heavy atom. The standard InChI is InChI=1S/C28H51N5O5/c1-19-25-5-9-33(15-20(25)2-3-27(19)37-17-24-14-29-18-38-24)16-23(34)13-31-28(35)26-12-22(4-8-30-26)32-21-6-10-36-11-7-21/h19-27,29-30,32,34H,2-18H2,1H3,(H,31,35)/t19?,20?,22?,23-,24?,25?,26?,27?/m0/s1. The zero-order chi connectivity index (χ0) is 26.3. The molecule has 218 valence electrons. The number of nitrogens with one attached hydrogen (secondary N) is 4. The van der Waals surface area contributed by atoms with Crippen molar-refractivity contribution in [1.82, 2.24) is 26.2 Å². The molecule has 10 nitrogen and oxygen atoms in total. The van der Waals surface area contributed by atoms with Crippen LogP contribution >= 0.6 is 0 Å². The van der Waals surface area contributed by atoms with Gasteiger partial charge in [0.15, 0.2) is 0 Å². The van der Waals surface area contributed by atoms with E-state index in [2.05, 4.69) is 33.1 Å². The third-order valence-electron chi connectivity index (χ3n) is 9.64. The lowest BCUT2D eigenvalue weighted by Gasteiger charge is -2.47. The van der Waals surface area contributed by atoms with Gasteiger partial charge in [0.2, 0.25) is 5.91 Å². The molecular formula is C28H51N5O5. The summed E-state index contributed by atoms with van der Waals surface area (Å²) >= 11 is 0. The van der Waals surface area contributed by atoms with Crippen molar-refractivity contribution >= 4 is 5.91 Å². The molecule has 0 bridgehead atoms. The number of likely N-dealkylation sites (tertiary alicyclic amines) is 1. The summed E-state index contributed by atoms with van der Waals surface area (Å²) in [6.07, 6.45) is 7.34. The molecule has 10 heteroatoms. The fourth-order valence-corrected chi connectivity index (χ4v) is 7.41. The van der Waals surface area contributed by atoms with Crippen molar-refractivity contribution in [3.8, 4) is 0 Å². The molecule has 38 heavy (non-hydrogen) atoms. The third-order valence-corrected chi connectivity index (χ3v) is 9.64. The maximum absolute atomic E-state index is 12.9. The number of aliphatic hydroxyl groups excluding tert-OH is 1. The summed E-state index contributed by atoms with van der Waals surface area (Å²) in [5.41, 5.74) is 0. The van der Waals surface area contributed by atoms with Crippen molar-refractivity contribution in [3.63, 3.8) is 0 Å². The monoisotopic (exact) mass is 537 g/mol. The van der Waals surface area contributed by atoms with Crippen molar-refractivity contribution in [2.45, 2.75) is 88.3 Å². The molecule has 0 spiro atoms. The number of piperidine rings is 2. The first-order valence-corrected chi connectivity index (χ1v) is 15.2. The Balaban J connectivity index is 0.986. The molecule has 0 aromatic carbocycles. The lowest BCUT2D eigenvalue weighted by Crippen LogP contribution is -2.56. The number of ether oxygens (including phenoxy) is 3. The zero-order valence-electron chi connectivity index (χ0n) is 23.2. The molecule has 5 N–H and O–H groups in total. The SMILES string of the molecule is CC1C(OCC2CNCO2)CCC2CN(C[C@@H](O)CNC(=O)C3CC(NC4CCOCC4)CCN3)CCC21. The number of nitrogens with zero attached hydrogens (tertiary/aromatic N) is 1.